The number of thiazole rings is 1. The number of ether oxygens (including phenoxy) is 1. The number of hydrogen-bond donors (Lipinski definition) is 0. The Labute approximate surface area is 240 Å². The molecule has 9 heteroatoms. The molecule has 0 spiro atoms. The molecule has 0 aliphatic rings. The molecule has 7 nitrogen and oxygen atoms in total. The van der Waals surface area contributed by atoms with Crippen molar-refractivity contribution in [1.82, 2.24) is 24.4 Å². The van der Waals surface area contributed by atoms with Crippen LogP contribution in [0.25, 0.3) is 39.4 Å². The van der Waals surface area contributed by atoms with Gasteiger partial charge in [-0.3, -0.25) is 4.79 Å². The minimum atomic E-state index is -0.311. The van der Waals surface area contributed by atoms with Crippen LogP contribution in [-0.4, -0.2) is 31.0 Å². The van der Waals surface area contributed by atoms with Crippen LogP contribution < -0.4 is 14.8 Å². The third kappa shape index (κ3) is 5.53. The first-order valence-electron chi connectivity index (χ1n) is 13.6. The number of para-hydroxylation sites is 1. The number of aryl methyl sites for hydroxylation is 1. The van der Waals surface area contributed by atoms with Gasteiger partial charge < -0.3 is 4.74 Å². The van der Waals surface area contributed by atoms with Crippen LogP contribution in [0.1, 0.15) is 37.3 Å². The van der Waals surface area contributed by atoms with Gasteiger partial charge in [-0.15, -0.1) is 5.10 Å². The van der Waals surface area contributed by atoms with Gasteiger partial charge in [0.2, 0.25) is 4.96 Å². The normalized spacial score (nSPS) is 11.9. The van der Waals surface area contributed by atoms with E-state index in [1.807, 2.05) is 66.9 Å². The van der Waals surface area contributed by atoms with Crippen molar-refractivity contribution in [1.29, 1.82) is 0 Å². The maximum atomic E-state index is 14.5. The van der Waals surface area contributed by atoms with E-state index in [1.54, 1.807) is 23.7 Å². The van der Waals surface area contributed by atoms with Crippen molar-refractivity contribution >= 4 is 22.4 Å². The van der Waals surface area contributed by atoms with E-state index in [9.17, 15) is 9.18 Å². The molecule has 0 fully saturated rings. The molecule has 0 amide bonds. The predicted molar refractivity (Wildman–Crippen MR) is 160 cm³/mol. The van der Waals surface area contributed by atoms with Crippen molar-refractivity contribution in [3.8, 4) is 34.1 Å². The van der Waals surface area contributed by atoms with Crippen LogP contribution in [0.3, 0.4) is 0 Å². The topological polar surface area (TPSA) is 74.3 Å². The summed E-state index contributed by atoms with van der Waals surface area (Å²) in [4.78, 5) is 18.5. The second-order valence-electron chi connectivity index (χ2n) is 9.80. The lowest BCUT2D eigenvalue weighted by Gasteiger charge is -2.05. The lowest BCUT2D eigenvalue weighted by Crippen LogP contribution is -2.23. The molecule has 0 N–H and O–H groups in total. The lowest BCUT2D eigenvalue weighted by molar-refractivity contribution is 0.306. The van der Waals surface area contributed by atoms with Crippen molar-refractivity contribution < 1.29 is 9.13 Å². The zero-order valence-electron chi connectivity index (χ0n) is 22.8. The van der Waals surface area contributed by atoms with Gasteiger partial charge in [-0.2, -0.15) is 14.6 Å². The largest absolute Gasteiger partial charge is 0.494 e. The molecule has 0 aliphatic carbocycles. The summed E-state index contributed by atoms with van der Waals surface area (Å²) in [6.07, 6.45) is 6.94. The van der Waals surface area contributed by atoms with Crippen LogP contribution in [0.15, 0.2) is 83.8 Å². The highest BCUT2D eigenvalue weighted by Crippen LogP contribution is 2.26. The van der Waals surface area contributed by atoms with E-state index in [0.717, 1.165) is 36.3 Å². The average Bonchev–Trinajstić information content (AvgIpc) is 3.68. The summed E-state index contributed by atoms with van der Waals surface area (Å²) in [6.45, 7) is 4.57. The van der Waals surface area contributed by atoms with Gasteiger partial charge in [0.05, 0.1) is 16.8 Å². The fourth-order valence-corrected chi connectivity index (χ4v) is 5.41. The smallest absolute Gasteiger partial charge is 0.291 e. The van der Waals surface area contributed by atoms with Gasteiger partial charge in [-0.25, -0.2) is 9.07 Å². The summed E-state index contributed by atoms with van der Waals surface area (Å²) in [5.74, 6) is 0.965. The maximum absolute atomic E-state index is 14.5. The molecule has 3 aromatic heterocycles. The Kier molecular flexibility index (Phi) is 7.43. The monoisotopic (exact) mass is 565 g/mol. The third-order valence-corrected chi connectivity index (χ3v) is 7.77. The van der Waals surface area contributed by atoms with Crippen LogP contribution in [0.5, 0.6) is 5.75 Å². The van der Waals surface area contributed by atoms with Crippen molar-refractivity contribution in [2.75, 3.05) is 6.61 Å². The number of rotatable bonds is 9. The molecule has 6 rings (SSSR count). The number of halogens is 1. The van der Waals surface area contributed by atoms with E-state index in [2.05, 4.69) is 17.0 Å². The molecule has 0 bridgehead atoms. The fraction of sp³-hybridized carbons (Fsp3) is 0.188. The summed E-state index contributed by atoms with van der Waals surface area (Å²) >= 11 is 1.25. The summed E-state index contributed by atoms with van der Waals surface area (Å²) in [5.41, 5.74) is 3.83. The standard InChI is InChI=1S/C32H28FN5O2S/c1-3-4-8-17-40-26-15-13-22(14-16-26)30-34-32-38(36-30)31(39)28(41-32)19-24-20-37(25-9-6-5-7-10-25)35-29(24)23-12-11-21(2)27(33)18-23/h5-7,9-16,18-20H,3-4,8,17H2,1-2H3/b28-19-. The second-order valence-corrected chi connectivity index (χ2v) is 10.8. The first kappa shape index (κ1) is 26.6. The molecule has 206 valence electrons. The van der Waals surface area contributed by atoms with Crippen LogP contribution in [0.2, 0.25) is 0 Å². The molecular formula is C32H28FN5O2S. The minimum absolute atomic E-state index is 0.270. The van der Waals surface area contributed by atoms with Crippen LogP contribution in [-0.2, 0) is 0 Å². The number of aromatic nitrogens is 5. The molecule has 0 radical (unpaired) electrons. The van der Waals surface area contributed by atoms with Crippen LogP contribution in [0.4, 0.5) is 4.39 Å². The van der Waals surface area contributed by atoms with Crippen molar-refractivity contribution in [2.45, 2.75) is 33.1 Å². The van der Waals surface area contributed by atoms with Gasteiger partial charge in [-0.1, -0.05) is 61.4 Å². The van der Waals surface area contributed by atoms with Crippen molar-refractivity contribution in [3.05, 3.63) is 111 Å². The van der Waals surface area contributed by atoms with E-state index < -0.39 is 0 Å². The Morgan fingerprint density at radius 2 is 1.76 bits per heavy atom. The highest BCUT2D eigenvalue weighted by atomic mass is 32.1. The van der Waals surface area contributed by atoms with E-state index >= 15 is 0 Å². The van der Waals surface area contributed by atoms with Gasteiger partial charge in [0, 0.05) is 22.9 Å². The Hall–Kier alpha value is -4.63. The van der Waals surface area contributed by atoms with E-state index in [1.165, 1.54) is 21.9 Å². The van der Waals surface area contributed by atoms with Gasteiger partial charge >= 0.3 is 0 Å². The van der Waals surface area contributed by atoms with Crippen molar-refractivity contribution in [3.63, 3.8) is 0 Å². The molecule has 0 aliphatic heterocycles. The van der Waals surface area contributed by atoms with E-state index in [-0.39, 0.29) is 11.4 Å². The Bertz CT molecular complexity index is 1930. The summed E-state index contributed by atoms with van der Waals surface area (Å²) in [6, 6.07) is 22.3. The molecular weight excluding hydrogens is 537 g/mol. The SMILES string of the molecule is CCCCCOc1ccc(-c2nc3s/c(=C\c4cn(-c5ccccc5)nc4-c4ccc(C)c(F)c4)c(=O)n3n2)cc1. The molecule has 41 heavy (non-hydrogen) atoms. The van der Waals surface area contributed by atoms with Gasteiger partial charge in [0.15, 0.2) is 5.82 Å². The molecule has 0 saturated heterocycles. The first-order valence-corrected chi connectivity index (χ1v) is 14.4. The number of nitrogens with zero attached hydrogens (tertiary/aromatic N) is 5. The molecule has 0 unspecified atom stereocenters. The minimum Gasteiger partial charge on any atom is -0.494 e. The Morgan fingerprint density at radius 3 is 2.49 bits per heavy atom. The lowest BCUT2D eigenvalue weighted by atomic mass is 10.1. The zero-order valence-corrected chi connectivity index (χ0v) is 23.6. The highest BCUT2D eigenvalue weighted by Gasteiger charge is 2.16. The summed E-state index contributed by atoms with van der Waals surface area (Å²) in [7, 11) is 0. The second kappa shape index (κ2) is 11.5. The maximum Gasteiger partial charge on any atom is 0.291 e. The quantitative estimate of drug-likeness (QED) is 0.194. The van der Waals surface area contributed by atoms with Gasteiger partial charge in [0.25, 0.3) is 5.56 Å². The van der Waals surface area contributed by atoms with Gasteiger partial charge in [0.1, 0.15) is 17.3 Å². The average molecular weight is 566 g/mol. The van der Waals surface area contributed by atoms with E-state index in [0.29, 0.717) is 44.3 Å². The third-order valence-electron chi connectivity index (χ3n) is 6.81. The Morgan fingerprint density at radius 1 is 0.976 bits per heavy atom. The summed E-state index contributed by atoms with van der Waals surface area (Å²) in [5, 5.41) is 9.24. The van der Waals surface area contributed by atoms with Crippen LogP contribution in [0, 0.1) is 12.7 Å². The summed E-state index contributed by atoms with van der Waals surface area (Å²) < 4.78 is 23.8. The Balaban J connectivity index is 1.35. The zero-order chi connectivity index (χ0) is 28.3. The predicted octanol–water partition coefficient (Wildman–Crippen LogP) is 6.23. The fourth-order valence-electron chi connectivity index (χ4n) is 4.51. The first-order chi connectivity index (χ1) is 20.0. The van der Waals surface area contributed by atoms with Gasteiger partial charge in [-0.05, 0) is 67.4 Å². The van der Waals surface area contributed by atoms with E-state index in [4.69, 9.17) is 9.84 Å². The molecule has 3 aromatic carbocycles. The molecule has 6 aromatic rings. The highest BCUT2D eigenvalue weighted by molar-refractivity contribution is 7.15. The molecule has 3 heterocycles. The number of fused-ring (bicyclic) bond motifs is 1. The number of hydrogen-bond acceptors (Lipinski definition) is 6. The molecule has 0 saturated carbocycles. The van der Waals surface area contributed by atoms with Crippen molar-refractivity contribution in [2.24, 2.45) is 0 Å². The number of unbranched alkanes of at least 4 members (excludes halogenated alkanes) is 2. The molecule has 0 atom stereocenters. The van der Waals surface area contributed by atoms with Crippen LogP contribution >= 0.6 is 11.3 Å². The number of benzene rings is 3.